The molecular formula is C14H18FNO4S. The summed E-state index contributed by atoms with van der Waals surface area (Å²) in [5.41, 5.74) is 0. The molecule has 1 aromatic carbocycles. The van der Waals surface area contributed by atoms with Crippen LogP contribution in [0.3, 0.4) is 0 Å². The largest absolute Gasteiger partial charge is 0.466 e. The Balaban J connectivity index is 2.16. The Bertz CT molecular complexity index is 600. The van der Waals surface area contributed by atoms with E-state index < -0.39 is 21.8 Å². The molecule has 0 unspecified atom stereocenters. The zero-order chi connectivity index (χ0) is 15.5. The molecule has 0 N–H and O–H groups in total. The summed E-state index contributed by atoms with van der Waals surface area (Å²) in [4.78, 5) is 11.8. The van der Waals surface area contributed by atoms with E-state index in [9.17, 15) is 17.6 Å². The summed E-state index contributed by atoms with van der Waals surface area (Å²) in [7, 11) is -3.70. The average molecular weight is 315 g/mol. The first kappa shape index (κ1) is 15.9. The topological polar surface area (TPSA) is 63.7 Å². The Morgan fingerprint density at radius 2 is 2.05 bits per heavy atom. The smallest absolute Gasteiger partial charge is 0.310 e. The molecule has 0 spiro atoms. The molecule has 21 heavy (non-hydrogen) atoms. The van der Waals surface area contributed by atoms with Crippen LogP contribution >= 0.6 is 0 Å². The molecule has 1 aromatic rings. The molecule has 0 radical (unpaired) electrons. The van der Waals surface area contributed by atoms with Crippen molar-refractivity contribution in [2.75, 3.05) is 19.7 Å². The van der Waals surface area contributed by atoms with Crippen molar-refractivity contribution in [1.29, 1.82) is 0 Å². The first-order valence-corrected chi connectivity index (χ1v) is 8.31. The van der Waals surface area contributed by atoms with Gasteiger partial charge in [0.2, 0.25) is 10.0 Å². The minimum atomic E-state index is -3.70. The predicted octanol–water partition coefficient (Wildman–Crippen LogP) is 1.79. The van der Waals surface area contributed by atoms with Gasteiger partial charge in [-0.3, -0.25) is 4.79 Å². The molecule has 5 nitrogen and oxygen atoms in total. The molecule has 116 valence electrons. The van der Waals surface area contributed by atoms with E-state index in [1.807, 2.05) is 0 Å². The van der Waals surface area contributed by atoms with Crippen LogP contribution in [0, 0.1) is 11.7 Å². The van der Waals surface area contributed by atoms with Crippen LogP contribution < -0.4 is 0 Å². The van der Waals surface area contributed by atoms with Gasteiger partial charge in [0.05, 0.1) is 17.4 Å². The molecule has 1 aliphatic rings. The number of carbonyl (C=O) groups is 1. The normalized spacial score (nSPS) is 20.2. The minimum absolute atomic E-state index is 0.0356. The molecule has 2 rings (SSSR count). The van der Waals surface area contributed by atoms with Gasteiger partial charge in [0.1, 0.15) is 5.82 Å². The fourth-order valence-electron chi connectivity index (χ4n) is 2.37. The van der Waals surface area contributed by atoms with Crippen LogP contribution in [0.5, 0.6) is 0 Å². The molecule has 0 saturated carbocycles. The standard InChI is InChI=1S/C14H18FNO4S/c1-2-20-14(17)11-4-3-9-16(10-11)21(18,19)13-7-5-12(15)6-8-13/h5-8,11H,2-4,9-10H2,1H3/t11-/m0/s1. The number of esters is 1. The number of halogens is 1. The van der Waals surface area contributed by atoms with Gasteiger partial charge in [-0.2, -0.15) is 4.31 Å². The summed E-state index contributed by atoms with van der Waals surface area (Å²) in [6, 6.07) is 4.69. The second-order valence-corrected chi connectivity index (χ2v) is 6.85. The van der Waals surface area contributed by atoms with Crippen LogP contribution in [0.15, 0.2) is 29.2 Å². The summed E-state index contributed by atoms with van der Waals surface area (Å²) < 4.78 is 44.1. The fourth-order valence-corrected chi connectivity index (χ4v) is 3.89. The van der Waals surface area contributed by atoms with Crippen LogP contribution in [-0.4, -0.2) is 38.4 Å². The number of nitrogens with zero attached hydrogens (tertiary/aromatic N) is 1. The first-order chi connectivity index (χ1) is 9.95. The van der Waals surface area contributed by atoms with E-state index >= 15 is 0 Å². The summed E-state index contributed by atoms with van der Waals surface area (Å²) in [6.07, 6.45) is 1.22. The second kappa shape index (κ2) is 6.53. The Morgan fingerprint density at radius 3 is 2.67 bits per heavy atom. The Hall–Kier alpha value is -1.47. The Labute approximate surface area is 123 Å². The SMILES string of the molecule is CCOC(=O)[C@H]1CCCN(S(=O)(=O)c2ccc(F)cc2)C1. The third kappa shape index (κ3) is 3.59. The predicted molar refractivity (Wildman–Crippen MR) is 74.5 cm³/mol. The minimum Gasteiger partial charge on any atom is -0.466 e. The monoisotopic (exact) mass is 315 g/mol. The zero-order valence-electron chi connectivity index (χ0n) is 11.8. The van der Waals surface area contributed by atoms with Gasteiger partial charge in [-0.1, -0.05) is 0 Å². The average Bonchev–Trinajstić information content (AvgIpc) is 2.48. The lowest BCUT2D eigenvalue weighted by Gasteiger charge is -2.30. The molecular weight excluding hydrogens is 297 g/mol. The quantitative estimate of drug-likeness (QED) is 0.795. The van der Waals surface area contributed by atoms with Gasteiger partial charge in [0.25, 0.3) is 0 Å². The van der Waals surface area contributed by atoms with Crippen LogP contribution in [-0.2, 0) is 19.6 Å². The summed E-state index contributed by atoms with van der Waals surface area (Å²) in [5, 5.41) is 0. The van der Waals surface area contributed by atoms with Gasteiger partial charge in [0, 0.05) is 13.1 Å². The zero-order valence-corrected chi connectivity index (χ0v) is 12.6. The third-order valence-electron chi connectivity index (χ3n) is 3.46. The highest BCUT2D eigenvalue weighted by Gasteiger charge is 2.33. The third-order valence-corrected chi connectivity index (χ3v) is 5.33. The van der Waals surface area contributed by atoms with Crippen molar-refractivity contribution in [3.8, 4) is 0 Å². The molecule has 1 heterocycles. The number of hydrogen-bond acceptors (Lipinski definition) is 4. The molecule has 0 aliphatic carbocycles. The van der Waals surface area contributed by atoms with Crippen molar-refractivity contribution in [2.45, 2.75) is 24.7 Å². The fraction of sp³-hybridized carbons (Fsp3) is 0.500. The summed E-state index contributed by atoms with van der Waals surface area (Å²) in [5.74, 6) is -1.29. The maximum Gasteiger partial charge on any atom is 0.310 e. The lowest BCUT2D eigenvalue weighted by molar-refractivity contribution is -0.149. The van der Waals surface area contributed by atoms with Gasteiger partial charge in [-0.05, 0) is 44.0 Å². The van der Waals surface area contributed by atoms with Crippen molar-refractivity contribution < 1.29 is 22.3 Å². The van der Waals surface area contributed by atoms with E-state index in [1.165, 1.54) is 16.4 Å². The van der Waals surface area contributed by atoms with Crippen molar-refractivity contribution in [2.24, 2.45) is 5.92 Å². The van der Waals surface area contributed by atoms with Gasteiger partial charge in [-0.15, -0.1) is 0 Å². The number of rotatable bonds is 4. The van der Waals surface area contributed by atoms with E-state index in [1.54, 1.807) is 6.92 Å². The molecule has 1 saturated heterocycles. The molecule has 0 bridgehead atoms. The lowest BCUT2D eigenvalue weighted by atomic mass is 10.0. The Kier molecular flexibility index (Phi) is 4.95. The highest BCUT2D eigenvalue weighted by Crippen LogP contribution is 2.24. The number of carbonyl (C=O) groups excluding carboxylic acids is 1. The van der Waals surface area contributed by atoms with Crippen molar-refractivity contribution in [3.05, 3.63) is 30.1 Å². The van der Waals surface area contributed by atoms with Crippen LogP contribution in [0.25, 0.3) is 0 Å². The van der Waals surface area contributed by atoms with E-state index in [0.717, 1.165) is 12.1 Å². The number of benzene rings is 1. The number of ether oxygens (including phenoxy) is 1. The summed E-state index contributed by atoms with van der Waals surface area (Å²) in [6.45, 7) is 2.46. The maximum absolute atomic E-state index is 12.9. The molecule has 0 aromatic heterocycles. The van der Waals surface area contributed by atoms with Crippen molar-refractivity contribution >= 4 is 16.0 Å². The van der Waals surface area contributed by atoms with Gasteiger partial charge in [0.15, 0.2) is 0 Å². The number of hydrogen-bond donors (Lipinski definition) is 0. The van der Waals surface area contributed by atoms with Crippen LogP contribution in [0.2, 0.25) is 0 Å². The molecule has 0 amide bonds. The highest BCUT2D eigenvalue weighted by molar-refractivity contribution is 7.89. The van der Waals surface area contributed by atoms with Crippen LogP contribution in [0.4, 0.5) is 4.39 Å². The Morgan fingerprint density at radius 1 is 1.38 bits per heavy atom. The van der Waals surface area contributed by atoms with Gasteiger partial charge in [-0.25, -0.2) is 12.8 Å². The van der Waals surface area contributed by atoms with E-state index in [4.69, 9.17) is 4.74 Å². The van der Waals surface area contributed by atoms with Crippen LogP contribution in [0.1, 0.15) is 19.8 Å². The molecule has 1 fully saturated rings. The number of sulfonamides is 1. The molecule has 7 heteroatoms. The van der Waals surface area contributed by atoms with E-state index in [-0.39, 0.29) is 24.0 Å². The van der Waals surface area contributed by atoms with E-state index in [2.05, 4.69) is 0 Å². The second-order valence-electron chi connectivity index (χ2n) is 4.91. The maximum atomic E-state index is 12.9. The first-order valence-electron chi connectivity index (χ1n) is 6.87. The summed E-state index contributed by atoms with van der Waals surface area (Å²) >= 11 is 0. The van der Waals surface area contributed by atoms with E-state index in [0.29, 0.717) is 19.4 Å². The van der Waals surface area contributed by atoms with Crippen molar-refractivity contribution in [3.63, 3.8) is 0 Å². The van der Waals surface area contributed by atoms with Gasteiger partial charge < -0.3 is 4.74 Å². The number of piperidine rings is 1. The van der Waals surface area contributed by atoms with Gasteiger partial charge >= 0.3 is 5.97 Å². The molecule has 1 aliphatic heterocycles. The molecule has 1 atom stereocenters. The van der Waals surface area contributed by atoms with Crippen molar-refractivity contribution in [1.82, 2.24) is 4.31 Å². The highest BCUT2D eigenvalue weighted by atomic mass is 32.2. The lowest BCUT2D eigenvalue weighted by Crippen LogP contribution is -2.42.